The number of ketones is 1. The molecule has 1 N–H and O–H groups in total. The maximum Gasteiger partial charge on any atom is 0.301 e. The number of amides is 1. The molecular weight excluding hydrogens is 626 g/mol. The minimum absolute atomic E-state index is 0.0839. The molecule has 46 heavy (non-hydrogen) atoms. The SMILES string of the molecule is COc1ccc(C2C(=C(O)c3ccc(OCc4cccc(C)c4)cc3)C(=O)C(=O)N2c2nnc(SCc3ccccc3F)s2)cc1. The van der Waals surface area contributed by atoms with Crippen LogP contribution in [0.2, 0.25) is 0 Å². The monoisotopic (exact) mass is 653 g/mol. The van der Waals surface area contributed by atoms with Gasteiger partial charge < -0.3 is 14.6 Å². The van der Waals surface area contributed by atoms with Crippen molar-refractivity contribution in [3.63, 3.8) is 0 Å². The third-order valence-electron chi connectivity index (χ3n) is 7.40. The Labute approximate surface area is 273 Å². The molecule has 5 aromatic rings. The number of halogens is 1. The fraction of sp³-hybridized carbons (Fsp3) is 0.143. The Kier molecular flexibility index (Phi) is 9.13. The number of ether oxygens (including phenoxy) is 2. The van der Waals surface area contributed by atoms with E-state index in [1.807, 2.05) is 31.2 Å². The second-order valence-corrected chi connectivity index (χ2v) is 12.7. The van der Waals surface area contributed by atoms with Gasteiger partial charge in [-0.05, 0) is 66.1 Å². The third-order valence-corrected chi connectivity index (χ3v) is 9.51. The average molecular weight is 654 g/mol. The predicted molar refractivity (Wildman–Crippen MR) is 176 cm³/mol. The lowest BCUT2D eigenvalue weighted by atomic mass is 9.95. The van der Waals surface area contributed by atoms with Gasteiger partial charge in [0.05, 0.1) is 18.7 Å². The summed E-state index contributed by atoms with van der Waals surface area (Å²) in [5.41, 5.74) is 3.49. The highest BCUT2D eigenvalue weighted by atomic mass is 32.2. The molecule has 4 aromatic carbocycles. The lowest BCUT2D eigenvalue weighted by Gasteiger charge is -2.22. The molecule has 1 atom stereocenters. The summed E-state index contributed by atoms with van der Waals surface area (Å²) in [6, 6.07) is 27.0. The van der Waals surface area contributed by atoms with Gasteiger partial charge in [0.25, 0.3) is 5.78 Å². The highest BCUT2D eigenvalue weighted by Crippen LogP contribution is 2.44. The van der Waals surface area contributed by atoms with E-state index in [-0.39, 0.29) is 22.3 Å². The maximum atomic E-state index is 14.2. The minimum Gasteiger partial charge on any atom is -0.507 e. The van der Waals surface area contributed by atoms with Gasteiger partial charge in [0, 0.05) is 11.3 Å². The van der Waals surface area contributed by atoms with Crippen molar-refractivity contribution in [2.75, 3.05) is 12.0 Å². The first kappa shape index (κ1) is 31.0. The maximum absolute atomic E-state index is 14.2. The lowest BCUT2D eigenvalue weighted by Crippen LogP contribution is -2.29. The third kappa shape index (κ3) is 6.51. The van der Waals surface area contributed by atoms with Crippen molar-refractivity contribution in [3.8, 4) is 11.5 Å². The normalized spacial score (nSPS) is 15.7. The summed E-state index contributed by atoms with van der Waals surface area (Å²) in [4.78, 5) is 28.4. The summed E-state index contributed by atoms with van der Waals surface area (Å²) in [6.07, 6.45) is 0. The molecular formula is C35H28FN3O5S2. The summed E-state index contributed by atoms with van der Waals surface area (Å²) in [5.74, 6) is -0.867. The molecule has 0 radical (unpaired) electrons. The van der Waals surface area contributed by atoms with E-state index in [1.54, 1.807) is 66.7 Å². The Morgan fingerprint density at radius 1 is 0.957 bits per heavy atom. The van der Waals surface area contributed by atoms with Crippen molar-refractivity contribution in [1.29, 1.82) is 0 Å². The van der Waals surface area contributed by atoms with Crippen molar-refractivity contribution in [1.82, 2.24) is 10.2 Å². The number of thioether (sulfide) groups is 1. The number of aryl methyl sites for hydroxylation is 1. The number of rotatable bonds is 10. The highest BCUT2D eigenvalue weighted by Gasteiger charge is 2.48. The molecule has 1 amide bonds. The van der Waals surface area contributed by atoms with Gasteiger partial charge in [-0.1, -0.05) is 83.3 Å². The minimum atomic E-state index is -0.986. The molecule has 0 spiro atoms. The quantitative estimate of drug-likeness (QED) is 0.0544. The molecule has 1 fully saturated rings. The van der Waals surface area contributed by atoms with Gasteiger partial charge in [0.15, 0.2) is 4.34 Å². The molecule has 2 heterocycles. The van der Waals surface area contributed by atoms with E-state index in [2.05, 4.69) is 10.2 Å². The number of carbonyl (C=O) groups excluding carboxylic acids is 2. The highest BCUT2D eigenvalue weighted by molar-refractivity contribution is 8.00. The van der Waals surface area contributed by atoms with Crippen molar-refractivity contribution < 1.29 is 28.6 Å². The number of aliphatic hydroxyl groups is 1. The predicted octanol–water partition coefficient (Wildman–Crippen LogP) is 7.49. The number of hydrogen-bond donors (Lipinski definition) is 1. The summed E-state index contributed by atoms with van der Waals surface area (Å²) in [6.45, 7) is 2.39. The molecule has 6 rings (SSSR count). The largest absolute Gasteiger partial charge is 0.507 e. The second kappa shape index (κ2) is 13.6. The Morgan fingerprint density at radius 3 is 2.41 bits per heavy atom. The number of anilines is 1. The van der Waals surface area contributed by atoms with Crippen LogP contribution in [0.1, 0.15) is 33.9 Å². The van der Waals surface area contributed by atoms with Gasteiger partial charge >= 0.3 is 5.91 Å². The smallest absolute Gasteiger partial charge is 0.301 e. The van der Waals surface area contributed by atoms with Crippen LogP contribution in [0.5, 0.6) is 11.5 Å². The van der Waals surface area contributed by atoms with Crippen molar-refractivity contribution >= 4 is 45.7 Å². The first-order valence-electron chi connectivity index (χ1n) is 14.3. The van der Waals surface area contributed by atoms with E-state index in [9.17, 15) is 19.1 Å². The summed E-state index contributed by atoms with van der Waals surface area (Å²) >= 11 is 2.38. The van der Waals surface area contributed by atoms with E-state index < -0.39 is 17.7 Å². The van der Waals surface area contributed by atoms with Crippen molar-refractivity contribution in [3.05, 3.63) is 136 Å². The average Bonchev–Trinajstić information content (AvgIpc) is 3.65. The Morgan fingerprint density at radius 2 is 1.70 bits per heavy atom. The van der Waals surface area contributed by atoms with Crippen LogP contribution in [0.4, 0.5) is 9.52 Å². The van der Waals surface area contributed by atoms with Crippen LogP contribution in [0, 0.1) is 12.7 Å². The molecule has 0 saturated carbocycles. The Balaban J connectivity index is 1.30. The van der Waals surface area contributed by atoms with Gasteiger partial charge in [0.1, 0.15) is 29.7 Å². The lowest BCUT2D eigenvalue weighted by molar-refractivity contribution is -0.132. The number of aromatic nitrogens is 2. The molecule has 1 aliphatic heterocycles. The molecule has 1 saturated heterocycles. The molecule has 11 heteroatoms. The molecule has 232 valence electrons. The van der Waals surface area contributed by atoms with Crippen LogP contribution < -0.4 is 14.4 Å². The zero-order valence-corrected chi connectivity index (χ0v) is 26.5. The van der Waals surface area contributed by atoms with Crippen LogP contribution in [0.15, 0.2) is 107 Å². The van der Waals surface area contributed by atoms with E-state index in [4.69, 9.17) is 9.47 Å². The number of aliphatic hydroxyl groups excluding tert-OH is 1. The van der Waals surface area contributed by atoms with Crippen LogP contribution >= 0.6 is 23.1 Å². The number of methoxy groups -OCH3 is 1. The molecule has 1 unspecified atom stereocenters. The van der Waals surface area contributed by atoms with Gasteiger partial charge in [-0.3, -0.25) is 14.5 Å². The van der Waals surface area contributed by atoms with Crippen molar-refractivity contribution in [2.24, 2.45) is 0 Å². The Bertz CT molecular complexity index is 1930. The zero-order chi connectivity index (χ0) is 32.2. The van der Waals surface area contributed by atoms with Gasteiger partial charge in [-0.2, -0.15) is 0 Å². The van der Waals surface area contributed by atoms with E-state index in [1.165, 1.54) is 29.8 Å². The van der Waals surface area contributed by atoms with Crippen LogP contribution in [0.25, 0.3) is 5.76 Å². The van der Waals surface area contributed by atoms with Gasteiger partial charge in [-0.15, -0.1) is 10.2 Å². The number of carbonyl (C=O) groups is 2. The molecule has 0 bridgehead atoms. The number of benzene rings is 4. The van der Waals surface area contributed by atoms with Crippen LogP contribution in [-0.2, 0) is 21.9 Å². The molecule has 1 aromatic heterocycles. The molecule has 0 aliphatic carbocycles. The Hall–Kier alpha value is -5.00. The first-order chi connectivity index (χ1) is 22.3. The summed E-state index contributed by atoms with van der Waals surface area (Å²) in [5, 5.41) is 20.1. The topological polar surface area (TPSA) is 102 Å². The van der Waals surface area contributed by atoms with E-state index >= 15 is 0 Å². The van der Waals surface area contributed by atoms with Gasteiger partial charge in [-0.25, -0.2) is 4.39 Å². The molecule has 1 aliphatic rings. The number of hydrogen-bond acceptors (Lipinski definition) is 9. The van der Waals surface area contributed by atoms with E-state index in [0.717, 1.165) is 22.5 Å². The zero-order valence-electron chi connectivity index (χ0n) is 24.8. The number of nitrogens with zero attached hydrogens (tertiary/aromatic N) is 3. The van der Waals surface area contributed by atoms with Gasteiger partial charge in [0.2, 0.25) is 5.13 Å². The number of Topliss-reactive ketones (excluding diaryl/α,β-unsaturated/α-hetero) is 1. The summed E-state index contributed by atoms with van der Waals surface area (Å²) < 4.78 is 25.9. The molecule has 8 nitrogen and oxygen atoms in total. The first-order valence-corrected chi connectivity index (χ1v) is 16.1. The van der Waals surface area contributed by atoms with E-state index in [0.29, 0.717) is 44.9 Å². The van der Waals surface area contributed by atoms with Crippen molar-refractivity contribution in [2.45, 2.75) is 29.7 Å². The standard InChI is InChI=1S/C35H28FN3O5S2/c1-21-6-5-7-22(18-21)19-44-27-16-12-24(13-17-27)31(40)29-30(23-10-14-26(43-2)15-11-23)39(33(42)32(29)41)34-37-38-35(46-34)45-20-25-8-3-4-9-28(25)36/h3-18,30,40H,19-20H2,1-2H3. The second-order valence-electron chi connectivity index (χ2n) is 10.5. The van der Waals surface area contributed by atoms with Crippen LogP contribution in [-0.4, -0.2) is 34.1 Å². The fourth-order valence-electron chi connectivity index (χ4n) is 5.08. The fourth-order valence-corrected chi connectivity index (χ4v) is 6.93. The van der Waals surface area contributed by atoms with Crippen LogP contribution in [0.3, 0.4) is 0 Å². The summed E-state index contributed by atoms with van der Waals surface area (Å²) in [7, 11) is 1.54.